The second-order valence-corrected chi connectivity index (χ2v) is 5.88. The third-order valence-corrected chi connectivity index (χ3v) is 4.33. The second-order valence-electron chi connectivity index (χ2n) is 5.88. The van der Waals surface area contributed by atoms with Crippen LogP contribution in [0.2, 0.25) is 0 Å². The monoisotopic (exact) mass is 252 g/mol. The molecule has 2 heterocycles. The van der Waals surface area contributed by atoms with Crippen molar-refractivity contribution in [2.45, 2.75) is 39.5 Å². The van der Waals surface area contributed by atoms with Gasteiger partial charge >= 0.3 is 0 Å². The number of likely N-dealkylation sites (tertiary alicyclic amines) is 2. The lowest BCUT2D eigenvalue weighted by molar-refractivity contribution is -0.139. The van der Waals surface area contributed by atoms with E-state index in [-0.39, 0.29) is 11.8 Å². The Bertz CT molecular complexity index is 320. The molecule has 2 rings (SSSR count). The number of carbonyl (C=O) groups is 2. The van der Waals surface area contributed by atoms with E-state index in [1.165, 1.54) is 0 Å². The van der Waals surface area contributed by atoms with Gasteiger partial charge in [0.2, 0.25) is 11.8 Å². The van der Waals surface area contributed by atoms with E-state index in [9.17, 15) is 9.59 Å². The van der Waals surface area contributed by atoms with Crippen molar-refractivity contribution in [3.63, 3.8) is 0 Å². The average Bonchev–Trinajstić information content (AvgIpc) is 2.75. The number of nitrogens with zero attached hydrogens (tertiary/aromatic N) is 2. The molecule has 0 aromatic rings. The van der Waals surface area contributed by atoms with Crippen LogP contribution in [0.15, 0.2) is 0 Å². The van der Waals surface area contributed by atoms with Gasteiger partial charge in [-0.3, -0.25) is 9.59 Å². The molecule has 2 aliphatic heterocycles. The van der Waals surface area contributed by atoms with Crippen LogP contribution in [0, 0.1) is 11.8 Å². The summed E-state index contributed by atoms with van der Waals surface area (Å²) in [5.74, 6) is 1.73. The van der Waals surface area contributed by atoms with Gasteiger partial charge in [0.1, 0.15) is 0 Å². The van der Waals surface area contributed by atoms with E-state index in [2.05, 4.69) is 13.8 Å². The number of hydrogen-bond donors (Lipinski definition) is 0. The lowest BCUT2D eigenvalue weighted by Gasteiger charge is -2.34. The van der Waals surface area contributed by atoms with Crippen LogP contribution in [0.25, 0.3) is 0 Å². The molecule has 4 nitrogen and oxygen atoms in total. The quantitative estimate of drug-likeness (QED) is 0.764. The molecule has 0 N–H and O–H groups in total. The van der Waals surface area contributed by atoms with E-state index >= 15 is 0 Å². The smallest absolute Gasteiger partial charge is 0.242 e. The third kappa shape index (κ3) is 3.03. The van der Waals surface area contributed by atoms with Crippen molar-refractivity contribution in [1.29, 1.82) is 0 Å². The Balaban J connectivity index is 1.79. The van der Waals surface area contributed by atoms with Gasteiger partial charge in [-0.05, 0) is 31.1 Å². The van der Waals surface area contributed by atoms with Gasteiger partial charge in [-0.15, -0.1) is 0 Å². The van der Waals surface area contributed by atoms with E-state index in [1.807, 2.05) is 4.90 Å². The van der Waals surface area contributed by atoms with Gasteiger partial charge in [0.15, 0.2) is 0 Å². The maximum Gasteiger partial charge on any atom is 0.242 e. The summed E-state index contributed by atoms with van der Waals surface area (Å²) in [5, 5.41) is 0. The van der Waals surface area contributed by atoms with Crippen LogP contribution in [0.1, 0.15) is 39.5 Å². The molecule has 4 heteroatoms. The van der Waals surface area contributed by atoms with E-state index in [4.69, 9.17) is 0 Å². The average molecular weight is 252 g/mol. The van der Waals surface area contributed by atoms with Crippen molar-refractivity contribution in [3.05, 3.63) is 0 Å². The van der Waals surface area contributed by atoms with Crippen molar-refractivity contribution < 1.29 is 9.59 Å². The van der Waals surface area contributed by atoms with E-state index in [1.54, 1.807) is 4.90 Å². The summed E-state index contributed by atoms with van der Waals surface area (Å²) >= 11 is 0. The Labute approximate surface area is 109 Å². The molecule has 0 aromatic carbocycles. The SMILES string of the molecule is CC(C)C1CCN(C(=O)CN2CCCC2=O)CC1. The molecule has 2 fully saturated rings. The van der Waals surface area contributed by atoms with Crippen molar-refractivity contribution in [1.82, 2.24) is 9.80 Å². The first-order chi connectivity index (χ1) is 8.58. The molecule has 2 saturated heterocycles. The molecular weight excluding hydrogens is 228 g/mol. The summed E-state index contributed by atoms with van der Waals surface area (Å²) in [6.07, 6.45) is 3.74. The largest absolute Gasteiger partial charge is 0.341 e. The topological polar surface area (TPSA) is 40.6 Å². The first-order valence-corrected chi connectivity index (χ1v) is 7.13. The minimum absolute atomic E-state index is 0.132. The van der Waals surface area contributed by atoms with Crippen LogP contribution in [-0.2, 0) is 9.59 Å². The van der Waals surface area contributed by atoms with Gasteiger partial charge in [0, 0.05) is 26.1 Å². The van der Waals surface area contributed by atoms with Gasteiger partial charge in [-0.1, -0.05) is 13.8 Å². The fourth-order valence-electron chi connectivity index (χ4n) is 2.95. The zero-order valence-electron chi connectivity index (χ0n) is 11.5. The molecule has 2 amide bonds. The number of carbonyl (C=O) groups excluding carboxylic acids is 2. The molecule has 0 spiro atoms. The van der Waals surface area contributed by atoms with Crippen LogP contribution in [0.4, 0.5) is 0 Å². The summed E-state index contributed by atoms with van der Waals surface area (Å²) in [7, 11) is 0. The molecule has 0 aliphatic carbocycles. The Morgan fingerprint density at radius 2 is 1.94 bits per heavy atom. The second kappa shape index (κ2) is 5.72. The van der Waals surface area contributed by atoms with Crippen molar-refractivity contribution in [2.75, 3.05) is 26.2 Å². The minimum Gasteiger partial charge on any atom is -0.341 e. The lowest BCUT2D eigenvalue weighted by Crippen LogP contribution is -2.45. The molecule has 0 unspecified atom stereocenters. The van der Waals surface area contributed by atoms with Crippen molar-refractivity contribution >= 4 is 11.8 Å². The normalized spacial score (nSPS) is 22.1. The number of piperidine rings is 1. The highest BCUT2D eigenvalue weighted by molar-refractivity contribution is 5.85. The molecule has 0 bridgehead atoms. The van der Waals surface area contributed by atoms with Gasteiger partial charge < -0.3 is 9.80 Å². The summed E-state index contributed by atoms with van der Waals surface area (Å²) in [5.41, 5.74) is 0. The number of rotatable bonds is 3. The van der Waals surface area contributed by atoms with Gasteiger partial charge in [-0.25, -0.2) is 0 Å². The molecule has 18 heavy (non-hydrogen) atoms. The maximum atomic E-state index is 12.1. The van der Waals surface area contributed by atoms with Crippen molar-refractivity contribution in [2.24, 2.45) is 11.8 Å². The van der Waals surface area contributed by atoms with E-state index < -0.39 is 0 Å². The molecule has 2 aliphatic rings. The first-order valence-electron chi connectivity index (χ1n) is 7.13. The highest BCUT2D eigenvalue weighted by atomic mass is 16.2. The van der Waals surface area contributed by atoms with Crippen LogP contribution in [0.5, 0.6) is 0 Å². The highest BCUT2D eigenvalue weighted by Crippen LogP contribution is 2.24. The number of hydrogen-bond acceptors (Lipinski definition) is 2. The lowest BCUT2D eigenvalue weighted by atomic mass is 9.87. The van der Waals surface area contributed by atoms with Gasteiger partial charge in [0.25, 0.3) is 0 Å². The summed E-state index contributed by atoms with van der Waals surface area (Å²) in [4.78, 5) is 27.2. The number of amides is 2. The predicted molar refractivity (Wildman–Crippen MR) is 70.0 cm³/mol. The van der Waals surface area contributed by atoms with Crippen LogP contribution >= 0.6 is 0 Å². The molecule has 0 saturated carbocycles. The Kier molecular flexibility index (Phi) is 4.25. The molecule has 0 atom stereocenters. The maximum absolute atomic E-state index is 12.1. The predicted octanol–water partition coefficient (Wildman–Crippen LogP) is 1.50. The van der Waals surface area contributed by atoms with E-state index in [0.29, 0.717) is 18.9 Å². The van der Waals surface area contributed by atoms with E-state index in [0.717, 1.165) is 44.8 Å². The van der Waals surface area contributed by atoms with Crippen LogP contribution in [0.3, 0.4) is 0 Å². The summed E-state index contributed by atoms with van der Waals surface area (Å²) < 4.78 is 0. The molecule has 102 valence electrons. The van der Waals surface area contributed by atoms with Crippen molar-refractivity contribution in [3.8, 4) is 0 Å². The molecule has 0 radical (unpaired) electrons. The van der Waals surface area contributed by atoms with Gasteiger partial charge in [0.05, 0.1) is 6.54 Å². The Hall–Kier alpha value is -1.06. The first kappa shape index (κ1) is 13.4. The standard InChI is InChI=1S/C14H24N2O2/c1-11(2)12-5-8-15(9-6-12)14(18)10-16-7-3-4-13(16)17/h11-12H,3-10H2,1-2H3. The van der Waals surface area contributed by atoms with Gasteiger partial charge in [-0.2, -0.15) is 0 Å². The molecule has 0 aromatic heterocycles. The third-order valence-electron chi connectivity index (χ3n) is 4.33. The zero-order valence-corrected chi connectivity index (χ0v) is 11.5. The summed E-state index contributed by atoms with van der Waals surface area (Å²) in [6.45, 7) is 7.29. The summed E-state index contributed by atoms with van der Waals surface area (Å²) in [6, 6.07) is 0. The fraction of sp³-hybridized carbons (Fsp3) is 0.857. The Morgan fingerprint density at radius 3 is 2.44 bits per heavy atom. The highest BCUT2D eigenvalue weighted by Gasteiger charge is 2.28. The van der Waals surface area contributed by atoms with Crippen LogP contribution in [-0.4, -0.2) is 47.8 Å². The van der Waals surface area contributed by atoms with Crippen LogP contribution < -0.4 is 0 Å². The minimum atomic E-state index is 0.132. The zero-order chi connectivity index (χ0) is 13.1. The molecular formula is C14H24N2O2. The Morgan fingerprint density at radius 1 is 1.28 bits per heavy atom. The fourth-order valence-corrected chi connectivity index (χ4v) is 2.95.